The molecular weight excluding hydrogens is 419 g/mol. The second kappa shape index (κ2) is 9.55. The molecule has 1 aromatic carbocycles. The van der Waals surface area contributed by atoms with Crippen molar-refractivity contribution in [1.82, 2.24) is 0 Å². The number of hydrogen-bond donors (Lipinski definition) is 1. The second-order valence-electron chi connectivity index (χ2n) is 6.13. The Bertz CT molecular complexity index is 835. The zero-order chi connectivity index (χ0) is 22.4. The first-order valence-corrected chi connectivity index (χ1v) is 8.36. The molecule has 158 valence electrons. The van der Waals surface area contributed by atoms with Gasteiger partial charge >= 0.3 is 18.1 Å². The minimum atomic E-state index is -5.14. The Hall–Kier alpha value is -2.88. The van der Waals surface area contributed by atoms with Gasteiger partial charge in [0.1, 0.15) is 6.61 Å². The van der Waals surface area contributed by atoms with Crippen molar-refractivity contribution in [2.75, 3.05) is 11.9 Å². The van der Waals surface area contributed by atoms with Crippen LogP contribution in [0, 0.1) is 0 Å². The zero-order valence-corrected chi connectivity index (χ0v) is 16.1. The lowest BCUT2D eigenvalue weighted by molar-refractivity contribution is -0.171. The third-order valence-corrected chi connectivity index (χ3v) is 3.61. The Kier molecular flexibility index (Phi) is 7.96. The molecule has 7 nitrogen and oxygen atoms in total. The third-order valence-electron chi connectivity index (χ3n) is 3.28. The maximum Gasteiger partial charge on any atom is 0.450 e. The van der Waals surface area contributed by atoms with E-state index >= 15 is 0 Å². The number of ketones is 1. The number of halogens is 4. The smallest absolute Gasteiger partial charge is 0.450 e. The summed E-state index contributed by atoms with van der Waals surface area (Å²) in [4.78, 5) is 46.7. The summed E-state index contributed by atoms with van der Waals surface area (Å²) < 4.78 is 46.6. The number of rotatable bonds is 8. The second-order valence-corrected chi connectivity index (χ2v) is 6.53. The molecular formula is C18H17ClF3NO6. The number of carbonyl (C=O) groups is 4. The van der Waals surface area contributed by atoms with E-state index in [4.69, 9.17) is 21.1 Å². The monoisotopic (exact) mass is 435 g/mol. The number of esters is 2. The number of carbonyl (C=O) groups excluding carboxylic acids is 4. The number of hydrogen-bond acceptors (Lipinski definition) is 6. The van der Waals surface area contributed by atoms with Gasteiger partial charge in [-0.05, 0) is 32.0 Å². The highest BCUT2D eigenvalue weighted by molar-refractivity contribution is 6.33. The number of ether oxygens (including phenoxy) is 2. The van der Waals surface area contributed by atoms with Crippen molar-refractivity contribution in [2.24, 2.45) is 0 Å². The highest BCUT2D eigenvalue weighted by Gasteiger charge is 2.39. The summed E-state index contributed by atoms with van der Waals surface area (Å²) in [6, 6.07) is 3.42. The summed E-state index contributed by atoms with van der Waals surface area (Å²) in [6.07, 6.45) is -5.24. The molecule has 0 saturated heterocycles. The van der Waals surface area contributed by atoms with Crippen molar-refractivity contribution in [3.63, 3.8) is 0 Å². The van der Waals surface area contributed by atoms with E-state index < -0.39 is 41.8 Å². The number of anilines is 1. The van der Waals surface area contributed by atoms with Gasteiger partial charge in [-0.25, -0.2) is 9.59 Å². The van der Waals surface area contributed by atoms with Gasteiger partial charge in [-0.15, -0.1) is 0 Å². The number of benzene rings is 1. The normalized spacial score (nSPS) is 11.4. The minimum absolute atomic E-state index is 0.0985. The van der Waals surface area contributed by atoms with Crippen molar-refractivity contribution in [2.45, 2.75) is 32.0 Å². The van der Waals surface area contributed by atoms with Crippen LogP contribution in [-0.4, -0.2) is 42.0 Å². The topological polar surface area (TPSA) is 98.8 Å². The fraction of sp³-hybridized carbons (Fsp3) is 0.333. The van der Waals surface area contributed by atoms with Crippen molar-refractivity contribution in [3.05, 3.63) is 41.4 Å². The molecule has 0 aliphatic heterocycles. The average molecular weight is 436 g/mol. The molecule has 0 aromatic heterocycles. The molecule has 29 heavy (non-hydrogen) atoms. The van der Waals surface area contributed by atoms with Gasteiger partial charge in [0.05, 0.1) is 17.0 Å². The van der Waals surface area contributed by atoms with E-state index in [2.05, 4.69) is 11.9 Å². The molecule has 0 heterocycles. The lowest BCUT2D eigenvalue weighted by Gasteiger charge is -2.23. The molecule has 0 fully saturated rings. The van der Waals surface area contributed by atoms with E-state index in [9.17, 15) is 32.3 Å². The van der Waals surface area contributed by atoms with E-state index in [0.717, 1.165) is 6.07 Å². The standard InChI is InChI=1S/C18H17ClF3NO6/c1-4-7-28-16(27)17(2,3)29-15(26)11-8-10(5-6-12(11)19)23-14(25)9-13(24)18(20,21)22/h4-6,8H,1,7,9H2,2-3H3,(H,23,25). The zero-order valence-electron chi connectivity index (χ0n) is 15.4. The van der Waals surface area contributed by atoms with Crippen LogP contribution >= 0.6 is 11.6 Å². The summed E-state index contributed by atoms with van der Waals surface area (Å²) in [6.45, 7) is 5.83. The molecule has 0 spiro atoms. The van der Waals surface area contributed by atoms with Gasteiger partial charge in [0.25, 0.3) is 0 Å². The van der Waals surface area contributed by atoms with E-state index in [1.54, 1.807) is 0 Å². The fourth-order valence-electron chi connectivity index (χ4n) is 1.85. The molecule has 11 heteroatoms. The molecule has 1 N–H and O–H groups in total. The van der Waals surface area contributed by atoms with Gasteiger partial charge in [-0.1, -0.05) is 24.3 Å². The van der Waals surface area contributed by atoms with E-state index in [1.807, 2.05) is 0 Å². The van der Waals surface area contributed by atoms with Gasteiger partial charge in [0, 0.05) is 5.69 Å². The average Bonchev–Trinajstić information content (AvgIpc) is 2.59. The summed E-state index contributed by atoms with van der Waals surface area (Å²) >= 11 is 5.92. The van der Waals surface area contributed by atoms with Gasteiger partial charge in [0.15, 0.2) is 0 Å². The van der Waals surface area contributed by atoms with Crippen LogP contribution in [-0.2, 0) is 23.9 Å². The first-order valence-electron chi connectivity index (χ1n) is 7.99. The maximum atomic E-state index is 12.4. The molecule has 0 unspecified atom stereocenters. The quantitative estimate of drug-likeness (QED) is 0.381. The van der Waals surface area contributed by atoms with Crippen LogP contribution in [0.4, 0.5) is 18.9 Å². The number of alkyl halides is 3. The van der Waals surface area contributed by atoms with Crippen molar-refractivity contribution >= 4 is 40.9 Å². The summed E-state index contributed by atoms with van der Waals surface area (Å²) in [5.74, 6) is -5.35. The van der Waals surface area contributed by atoms with Gasteiger partial charge in [-0.2, -0.15) is 13.2 Å². The minimum Gasteiger partial charge on any atom is -0.459 e. The Morgan fingerprint density at radius 1 is 1.21 bits per heavy atom. The Labute approximate surface area is 168 Å². The van der Waals surface area contributed by atoms with Crippen LogP contribution in [0.2, 0.25) is 5.02 Å². The molecule has 0 atom stereocenters. The molecule has 0 radical (unpaired) electrons. The Balaban J connectivity index is 2.92. The van der Waals surface area contributed by atoms with Crippen LogP contribution in [0.5, 0.6) is 0 Å². The molecule has 1 rings (SSSR count). The lowest BCUT2D eigenvalue weighted by Crippen LogP contribution is -2.39. The number of Topliss-reactive ketones (excluding diaryl/α,β-unsaturated/α-hetero) is 1. The third kappa shape index (κ3) is 7.22. The van der Waals surface area contributed by atoms with E-state index in [0.29, 0.717) is 0 Å². The SMILES string of the molecule is C=CCOC(=O)C(C)(C)OC(=O)c1cc(NC(=O)CC(=O)C(F)(F)F)ccc1Cl. The fourth-order valence-corrected chi connectivity index (χ4v) is 2.04. The van der Waals surface area contributed by atoms with Crippen LogP contribution in [0.15, 0.2) is 30.9 Å². The first-order chi connectivity index (χ1) is 13.3. The highest BCUT2D eigenvalue weighted by atomic mass is 35.5. The highest BCUT2D eigenvalue weighted by Crippen LogP contribution is 2.25. The molecule has 0 aliphatic carbocycles. The first kappa shape index (κ1) is 24.2. The van der Waals surface area contributed by atoms with Crippen molar-refractivity contribution in [1.29, 1.82) is 0 Å². The van der Waals surface area contributed by atoms with E-state index in [1.165, 1.54) is 32.1 Å². The van der Waals surface area contributed by atoms with Gasteiger partial charge in [-0.3, -0.25) is 9.59 Å². The maximum absolute atomic E-state index is 12.4. The van der Waals surface area contributed by atoms with Gasteiger partial charge < -0.3 is 14.8 Å². The summed E-state index contributed by atoms with van der Waals surface area (Å²) in [5.41, 5.74) is -2.05. The largest absolute Gasteiger partial charge is 0.459 e. The predicted octanol–water partition coefficient (Wildman–Crippen LogP) is 3.46. The summed E-state index contributed by atoms with van der Waals surface area (Å²) in [7, 11) is 0. The predicted molar refractivity (Wildman–Crippen MR) is 96.4 cm³/mol. The van der Waals surface area contributed by atoms with Crippen LogP contribution in [0.25, 0.3) is 0 Å². The number of amides is 1. The Morgan fingerprint density at radius 3 is 2.38 bits per heavy atom. The van der Waals surface area contributed by atoms with Crippen LogP contribution < -0.4 is 5.32 Å². The molecule has 1 amide bonds. The Morgan fingerprint density at radius 2 is 1.83 bits per heavy atom. The molecule has 0 bridgehead atoms. The van der Waals surface area contributed by atoms with Gasteiger partial charge in [0.2, 0.25) is 17.3 Å². The van der Waals surface area contributed by atoms with E-state index in [-0.39, 0.29) is 22.9 Å². The molecule has 0 aliphatic rings. The number of nitrogens with one attached hydrogen (secondary N) is 1. The van der Waals surface area contributed by atoms with Crippen molar-refractivity contribution in [3.8, 4) is 0 Å². The van der Waals surface area contributed by atoms with Crippen molar-refractivity contribution < 1.29 is 41.8 Å². The molecule has 0 saturated carbocycles. The van der Waals surface area contributed by atoms with Crippen LogP contribution in [0.3, 0.4) is 0 Å². The van der Waals surface area contributed by atoms with Crippen LogP contribution in [0.1, 0.15) is 30.6 Å². The lowest BCUT2D eigenvalue weighted by atomic mass is 10.1. The molecule has 1 aromatic rings. The summed E-state index contributed by atoms with van der Waals surface area (Å²) in [5, 5.41) is 1.95.